The van der Waals surface area contributed by atoms with Crippen molar-refractivity contribution in [2.45, 2.75) is 4.90 Å². The van der Waals surface area contributed by atoms with Crippen LogP contribution in [0.5, 0.6) is 0 Å². The monoisotopic (exact) mass is 268 g/mol. The predicted molar refractivity (Wildman–Crippen MR) is 48.3 cm³/mol. The summed E-state index contributed by atoms with van der Waals surface area (Å²) in [7, 11) is -4.89. The van der Waals surface area contributed by atoms with Gasteiger partial charge in [0.05, 0.1) is 16.0 Å². The second-order valence-electron chi connectivity index (χ2n) is 2.81. The first kappa shape index (κ1) is 16.1. The summed E-state index contributed by atoms with van der Waals surface area (Å²) in [6, 6.07) is 1.98. The molecule has 0 aliphatic rings. The van der Waals surface area contributed by atoms with Crippen LogP contribution in [0.2, 0.25) is 0 Å². The molecule has 0 saturated carbocycles. The van der Waals surface area contributed by atoms with Gasteiger partial charge in [-0.15, -0.1) is 0 Å². The standard InChI is InChI=1S/C8H6O7S.Na/c9-7(10)4-1-5(8(11)12)3-6(2-4)16(13,14)15;/h1-3H,(H,9,10)(H,11,12)(H,13,14,15);/q;+1/p-1. The van der Waals surface area contributed by atoms with Crippen molar-refractivity contribution in [3.8, 4) is 0 Å². The predicted octanol–water partition coefficient (Wildman–Crippen LogP) is -3.01. The van der Waals surface area contributed by atoms with Crippen molar-refractivity contribution in [1.82, 2.24) is 0 Å². The van der Waals surface area contributed by atoms with Crippen molar-refractivity contribution in [2.24, 2.45) is 0 Å². The summed E-state index contributed by atoms with van der Waals surface area (Å²) in [5.41, 5.74) is -1.15. The molecule has 0 radical (unpaired) electrons. The maximum atomic E-state index is 10.6. The van der Waals surface area contributed by atoms with E-state index < -0.39 is 38.1 Å². The Kier molecular flexibility index (Phi) is 5.30. The molecular weight excluding hydrogens is 263 g/mol. The Morgan fingerprint density at radius 1 is 1.00 bits per heavy atom. The van der Waals surface area contributed by atoms with E-state index in [1.807, 2.05) is 0 Å². The number of carboxylic acids is 2. The Morgan fingerprint density at radius 3 is 1.59 bits per heavy atom. The maximum absolute atomic E-state index is 10.6. The summed E-state index contributed by atoms with van der Waals surface area (Å²) in [5.74, 6) is -3.04. The molecule has 0 aliphatic carbocycles. The van der Waals surface area contributed by atoms with Crippen LogP contribution in [-0.4, -0.2) is 35.1 Å². The maximum Gasteiger partial charge on any atom is 1.00 e. The van der Waals surface area contributed by atoms with Crippen molar-refractivity contribution >= 4 is 22.1 Å². The van der Waals surface area contributed by atoms with Crippen LogP contribution >= 0.6 is 0 Å². The van der Waals surface area contributed by atoms with Crippen LogP contribution in [0.15, 0.2) is 23.1 Å². The van der Waals surface area contributed by atoms with Crippen LogP contribution in [0.25, 0.3) is 0 Å². The largest absolute Gasteiger partial charge is 1.00 e. The third-order valence-corrected chi connectivity index (χ3v) is 2.50. The Hall–Kier alpha value is -0.930. The van der Waals surface area contributed by atoms with E-state index in [-0.39, 0.29) is 29.6 Å². The molecule has 2 N–H and O–H groups in total. The summed E-state index contributed by atoms with van der Waals surface area (Å²) < 4.78 is 31.9. The minimum atomic E-state index is -4.89. The normalized spacial score (nSPS) is 10.4. The first-order valence-corrected chi connectivity index (χ1v) is 5.20. The fourth-order valence-electron chi connectivity index (χ4n) is 0.990. The van der Waals surface area contributed by atoms with Gasteiger partial charge in [-0.25, -0.2) is 18.0 Å². The minimum Gasteiger partial charge on any atom is -0.744 e. The zero-order valence-corrected chi connectivity index (χ0v) is 11.4. The van der Waals surface area contributed by atoms with E-state index in [9.17, 15) is 22.6 Å². The molecule has 0 saturated heterocycles. The van der Waals surface area contributed by atoms with Crippen molar-refractivity contribution in [3.05, 3.63) is 29.3 Å². The van der Waals surface area contributed by atoms with Crippen LogP contribution < -0.4 is 29.6 Å². The summed E-state index contributed by atoms with van der Waals surface area (Å²) >= 11 is 0. The van der Waals surface area contributed by atoms with Gasteiger partial charge in [-0.1, -0.05) is 0 Å². The fraction of sp³-hybridized carbons (Fsp3) is 0. The number of hydrogen-bond donors (Lipinski definition) is 2. The van der Waals surface area contributed by atoms with Crippen molar-refractivity contribution in [3.63, 3.8) is 0 Å². The van der Waals surface area contributed by atoms with Gasteiger partial charge in [0.25, 0.3) is 0 Å². The van der Waals surface area contributed by atoms with Crippen molar-refractivity contribution in [1.29, 1.82) is 0 Å². The zero-order valence-electron chi connectivity index (χ0n) is 8.58. The van der Waals surface area contributed by atoms with Gasteiger partial charge < -0.3 is 14.8 Å². The molecule has 0 aromatic heterocycles. The van der Waals surface area contributed by atoms with E-state index in [0.717, 1.165) is 6.07 Å². The molecule has 0 amide bonds. The van der Waals surface area contributed by atoms with Crippen molar-refractivity contribution in [2.75, 3.05) is 0 Å². The molecule has 1 aromatic carbocycles. The Labute approximate surface area is 118 Å². The first-order valence-electron chi connectivity index (χ1n) is 3.79. The summed E-state index contributed by atoms with van der Waals surface area (Å²) in [6.07, 6.45) is 0. The summed E-state index contributed by atoms with van der Waals surface area (Å²) in [4.78, 5) is 20.2. The molecule has 1 aromatic rings. The molecule has 0 unspecified atom stereocenters. The van der Waals surface area contributed by atoms with Crippen LogP contribution in [0.3, 0.4) is 0 Å². The molecule has 86 valence electrons. The molecule has 0 spiro atoms. The Bertz CT molecular complexity index is 531. The van der Waals surface area contributed by atoms with Gasteiger partial charge in [0.15, 0.2) is 0 Å². The summed E-state index contributed by atoms with van der Waals surface area (Å²) in [6.45, 7) is 0. The Morgan fingerprint density at radius 2 is 1.35 bits per heavy atom. The zero-order chi connectivity index (χ0) is 12.5. The molecule has 9 heteroatoms. The number of benzene rings is 1. The van der Waals surface area contributed by atoms with Crippen LogP contribution in [0.4, 0.5) is 0 Å². The molecule has 7 nitrogen and oxygen atoms in total. The number of aromatic carboxylic acids is 2. The smallest absolute Gasteiger partial charge is 0.744 e. The number of carbonyl (C=O) groups is 2. The number of hydrogen-bond acceptors (Lipinski definition) is 5. The molecule has 0 fully saturated rings. The van der Waals surface area contributed by atoms with E-state index in [2.05, 4.69) is 0 Å². The van der Waals surface area contributed by atoms with Gasteiger partial charge in [0, 0.05) is 0 Å². The summed E-state index contributed by atoms with van der Waals surface area (Å²) in [5, 5.41) is 17.2. The molecule has 17 heavy (non-hydrogen) atoms. The molecular formula is C8H5NaO7S. The topological polar surface area (TPSA) is 132 Å². The Balaban J connectivity index is 0.00000256. The first-order chi connectivity index (χ1) is 7.21. The van der Waals surface area contributed by atoms with Gasteiger partial charge in [-0.2, -0.15) is 0 Å². The van der Waals surface area contributed by atoms with Crippen LogP contribution in [0.1, 0.15) is 20.7 Å². The third-order valence-electron chi connectivity index (χ3n) is 1.69. The van der Waals surface area contributed by atoms with E-state index >= 15 is 0 Å². The molecule has 0 atom stereocenters. The second kappa shape index (κ2) is 5.61. The molecule has 0 bridgehead atoms. The quantitative estimate of drug-likeness (QED) is 0.440. The SMILES string of the molecule is O=C(O)c1cc(C(=O)O)cc(S(=O)(=O)[O-])c1.[Na+]. The van der Waals surface area contributed by atoms with Crippen LogP contribution in [0, 0.1) is 0 Å². The second-order valence-corrected chi connectivity index (χ2v) is 4.19. The van der Waals surface area contributed by atoms with Gasteiger partial charge in [-0.3, -0.25) is 0 Å². The fourth-order valence-corrected chi connectivity index (χ4v) is 1.53. The van der Waals surface area contributed by atoms with Gasteiger partial charge in [0.2, 0.25) is 0 Å². The molecule has 0 heterocycles. The van der Waals surface area contributed by atoms with E-state index in [4.69, 9.17) is 10.2 Å². The third kappa shape index (κ3) is 4.10. The minimum absolute atomic E-state index is 0. The van der Waals surface area contributed by atoms with E-state index in [1.54, 1.807) is 0 Å². The average Bonchev–Trinajstić information content (AvgIpc) is 2.15. The van der Waals surface area contributed by atoms with Crippen molar-refractivity contribution < 1.29 is 62.3 Å². The van der Waals surface area contributed by atoms with Gasteiger partial charge in [0.1, 0.15) is 10.1 Å². The number of rotatable bonds is 3. The average molecular weight is 268 g/mol. The van der Waals surface area contributed by atoms with Gasteiger partial charge in [-0.05, 0) is 18.2 Å². The van der Waals surface area contributed by atoms with Gasteiger partial charge >= 0.3 is 41.5 Å². The number of carboxylic acid groups (broad SMARTS) is 2. The molecule has 0 aliphatic heterocycles. The van der Waals surface area contributed by atoms with E-state index in [1.165, 1.54) is 0 Å². The van der Waals surface area contributed by atoms with Crippen LogP contribution in [-0.2, 0) is 10.1 Å². The molecule has 1 rings (SSSR count). The van der Waals surface area contributed by atoms with E-state index in [0.29, 0.717) is 12.1 Å².